The summed E-state index contributed by atoms with van der Waals surface area (Å²) in [6.45, 7) is -4.95. The molecule has 6 saturated heterocycles. The Morgan fingerprint density at radius 3 is 0.736 bits per heavy atom. The third-order valence-electron chi connectivity index (χ3n) is 12.9. The van der Waals surface area contributed by atoms with Crippen LogP contribution >= 0.6 is 0 Å². The summed E-state index contributed by atoms with van der Waals surface area (Å²) in [6, 6.07) is 0. The van der Waals surface area contributed by atoms with Crippen LogP contribution in [0.1, 0.15) is 0 Å². The van der Waals surface area contributed by atoms with E-state index in [-0.39, 0.29) is 13.2 Å². The highest BCUT2D eigenvalue weighted by Crippen LogP contribution is 2.31. The molecule has 0 aromatic rings. The highest BCUT2D eigenvalue weighted by atomic mass is 16.8. The van der Waals surface area contributed by atoms with E-state index in [1.165, 1.54) is 0 Å². The number of azide groups is 1. The lowest BCUT2D eigenvalue weighted by atomic mass is 9.97. The summed E-state index contributed by atoms with van der Waals surface area (Å²) in [7, 11) is 0. The van der Waals surface area contributed by atoms with Crippen LogP contribution in [0, 0.1) is 0 Å². The molecule has 6 aliphatic heterocycles. The van der Waals surface area contributed by atoms with E-state index < -0.39 is 224 Å². The van der Waals surface area contributed by atoms with Crippen molar-refractivity contribution in [1.29, 1.82) is 0 Å². The Bertz CT molecular complexity index is 1700. The molecule has 6 rings (SSSR count). The third kappa shape index (κ3) is 13.4. The summed E-state index contributed by atoms with van der Waals surface area (Å²) in [5.74, 6) is 0. The molecule has 6 fully saturated rings. The first-order valence-corrected chi connectivity index (χ1v) is 22.6. The maximum absolute atomic E-state index is 10.8. The van der Waals surface area contributed by atoms with Gasteiger partial charge in [-0.1, -0.05) is 5.11 Å². The van der Waals surface area contributed by atoms with Crippen LogP contribution in [0.3, 0.4) is 0 Å². The molecule has 0 spiro atoms. The largest absolute Gasteiger partial charge is 0.394 e. The number of aliphatic hydroxyl groups excluding tert-OH is 19. The van der Waals surface area contributed by atoms with E-state index >= 15 is 0 Å². The van der Waals surface area contributed by atoms with E-state index in [9.17, 15) is 97.0 Å². The molecule has 0 aromatic carbocycles. The molecule has 0 saturated carbocycles. The van der Waals surface area contributed by atoms with Crippen LogP contribution in [0.2, 0.25) is 0 Å². The molecule has 0 radical (unpaired) electrons. The first-order chi connectivity index (χ1) is 34.1. The van der Waals surface area contributed by atoms with Crippen LogP contribution in [0.5, 0.6) is 0 Å². The second kappa shape index (κ2) is 26.4. The topological polar surface area (TPSA) is 544 Å². The number of aliphatic hydroxyl groups is 19. The van der Waals surface area contributed by atoms with Gasteiger partial charge < -0.3 is 154 Å². The fourth-order valence-corrected chi connectivity index (χ4v) is 8.37. The van der Waals surface area contributed by atoms with Crippen molar-refractivity contribution in [2.45, 2.75) is 184 Å². The van der Waals surface area contributed by atoms with E-state index in [2.05, 4.69) is 10.0 Å². The molecule has 0 bridgehead atoms. The van der Waals surface area contributed by atoms with E-state index in [0.29, 0.717) is 0 Å². The van der Waals surface area contributed by atoms with Crippen molar-refractivity contribution in [3.05, 3.63) is 10.4 Å². The third-order valence-corrected chi connectivity index (χ3v) is 12.9. The Labute approximate surface area is 406 Å². The number of nitrogens with zero attached hydrogens (tertiary/aromatic N) is 3. The van der Waals surface area contributed by atoms with Gasteiger partial charge in [0, 0.05) is 11.5 Å². The van der Waals surface area contributed by atoms with Crippen molar-refractivity contribution in [3.8, 4) is 0 Å². The predicted molar refractivity (Wildman–Crippen MR) is 217 cm³/mol. The zero-order valence-electron chi connectivity index (χ0n) is 37.7. The summed E-state index contributed by atoms with van der Waals surface area (Å²) in [6.07, 6.45) is -53.9. The van der Waals surface area contributed by atoms with Gasteiger partial charge in [0.1, 0.15) is 146 Å². The molecule has 6 heterocycles. The molecular weight excluding hydrogens is 994 g/mol. The van der Waals surface area contributed by atoms with Gasteiger partial charge in [-0.05, 0) is 5.53 Å². The Balaban J connectivity index is 1.01. The fraction of sp³-hybridized carbons (Fsp3) is 1.00. The molecule has 14 unspecified atom stereocenters. The van der Waals surface area contributed by atoms with Crippen molar-refractivity contribution in [1.82, 2.24) is 0 Å². The average molecular weight is 1060 g/mol. The molecule has 19 N–H and O–H groups in total. The van der Waals surface area contributed by atoms with Gasteiger partial charge in [-0.15, -0.1) is 0 Å². The molecule has 34 nitrogen and oxygen atoms in total. The normalized spacial score (nSPS) is 50.3. The van der Waals surface area contributed by atoms with Crippen molar-refractivity contribution in [2.24, 2.45) is 5.11 Å². The molecule has 0 aliphatic carbocycles. The van der Waals surface area contributed by atoms with E-state index in [0.717, 1.165) is 0 Å². The molecule has 72 heavy (non-hydrogen) atoms. The minimum atomic E-state index is -2.02. The van der Waals surface area contributed by atoms with Crippen LogP contribution in [-0.2, 0) is 56.8 Å². The summed E-state index contributed by atoms with van der Waals surface area (Å²) in [4.78, 5) is 2.55. The van der Waals surface area contributed by atoms with Gasteiger partial charge in [0.2, 0.25) is 0 Å². The number of ether oxygens (including phenoxy) is 12. The minimum absolute atomic E-state index is 0.168. The highest BCUT2D eigenvalue weighted by Gasteiger charge is 2.52. The monoisotopic (exact) mass is 1060 g/mol. The maximum atomic E-state index is 10.8. The molecule has 418 valence electrons. The molecular formula is C38H65N3O31. The predicted octanol–water partition coefficient (Wildman–Crippen LogP) is -12.8. The lowest BCUT2D eigenvalue weighted by Crippen LogP contribution is -2.63. The van der Waals surface area contributed by atoms with Crippen LogP contribution in [0.15, 0.2) is 5.11 Å². The summed E-state index contributed by atoms with van der Waals surface area (Å²) in [5, 5.41) is 202. The van der Waals surface area contributed by atoms with Gasteiger partial charge in [0.25, 0.3) is 0 Å². The molecule has 0 amide bonds. The van der Waals surface area contributed by atoms with Crippen LogP contribution in [-0.4, -0.2) is 334 Å². The average Bonchev–Trinajstić information content (AvgIpc) is 3.37. The highest BCUT2D eigenvalue weighted by molar-refractivity contribution is 4.96. The first kappa shape index (κ1) is 59.3. The summed E-state index contributed by atoms with van der Waals surface area (Å²) < 4.78 is 65.8. The summed E-state index contributed by atoms with van der Waals surface area (Å²) >= 11 is 0. The Morgan fingerprint density at radius 1 is 0.306 bits per heavy atom. The second-order valence-corrected chi connectivity index (χ2v) is 17.8. The number of rotatable bonds is 20. The van der Waals surface area contributed by atoms with Gasteiger partial charge in [-0.3, -0.25) is 0 Å². The smallest absolute Gasteiger partial charge is 0.186 e. The fourth-order valence-electron chi connectivity index (χ4n) is 8.37. The molecule has 6 aliphatic rings. The van der Waals surface area contributed by atoms with E-state index in [4.69, 9.17) is 62.4 Å². The molecule has 0 aromatic heterocycles. The number of hydrogen-bond acceptors (Lipinski definition) is 32. The standard InChI is InChI=1S/C38H65N3O31/c39-41-40-1-2-61-33-27(55)22(50)16(44)10(68-33)4-63-35-29(57)24(52)18(46)12(70-35)6-65-37-31(59)26(54)20(48)14(72-37)8-66-38-32(60)25(53)19(47)13(71-38)7-64-36-30(58)23(51)17(45)11(69-36)5-62-34-28(56)21(49)15(43)9(3-42)67-34/h9-38,42-60H,1-8H2/t9-,10?,11?,12?,13-,14?,15-,16-,17-,18?,19?,20-,21+,22?,23?,24+,25+,26?,27-,28?,29?,30-,31-,32?,33?,34-,35-,36?,37-,38-/m1/s1. The molecule has 34 heteroatoms. The van der Waals surface area contributed by atoms with Crippen molar-refractivity contribution in [2.75, 3.05) is 52.8 Å². The van der Waals surface area contributed by atoms with Crippen molar-refractivity contribution >= 4 is 0 Å². The van der Waals surface area contributed by atoms with Gasteiger partial charge >= 0.3 is 0 Å². The van der Waals surface area contributed by atoms with Gasteiger partial charge in [-0.2, -0.15) is 0 Å². The lowest BCUT2D eigenvalue weighted by Gasteiger charge is -2.45. The van der Waals surface area contributed by atoms with Gasteiger partial charge in [0.05, 0.1) is 46.2 Å². The van der Waals surface area contributed by atoms with Crippen molar-refractivity contribution in [3.63, 3.8) is 0 Å². The first-order valence-electron chi connectivity index (χ1n) is 22.6. The second-order valence-electron chi connectivity index (χ2n) is 17.8. The minimum Gasteiger partial charge on any atom is -0.394 e. The van der Waals surface area contributed by atoms with Crippen molar-refractivity contribution < 1.29 is 154 Å². The Morgan fingerprint density at radius 2 is 0.514 bits per heavy atom. The summed E-state index contributed by atoms with van der Waals surface area (Å²) in [5.41, 5.74) is 8.44. The maximum Gasteiger partial charge on any atom is 0.186 e. The number of hydrogen-bond donors (Lipinski definition) is 19. The SMILES string of the molecule is [N-]=[N+]=NCCOC1OC(CO[C@@H]2OC(CO[C@@H]3OC(CO[C@@H]4O[C@H](COC5OC(CO[C@@H]6O[C@H](CO)[C@@H](O)[C@H](O)C6O)[C@@H](O)C(O)[C@H]5O)C(O)[C@H](O)C4O)[C@@H](O)C(O)[C@H]3O)C(O)[C@H](O)C2O)[C@@H](O)C(O)[C@H]1O. The Kier molecular flexibility index (Phi) is 21.8. The zero-order valence-corrected chi connectivity index (χ0v) is 37.7. The van der Waals surface area contributed by atoms with E-state index in [1.807, 2.05) is 0 Å². The van der Waals surface area contributed by atoms with Gasteiger partial charge in [0.15, 0.2) is 37.7 Å². The molecule has 30 atom stereocenters. The van der Waals surface area contributed by atoms with E-state index in [1.54, 1.807) is 0 Å². The van der Waals surface area contributed by atoms with Crippen LogP contribution in [0.25, 0.3) is 10.4 Å². The van der Waals surface area contributed by atoms with Crippen LogP contribution < -0.4 is 0 Å². The van der Waals surface area contributed by atoms with Crippen LogP contribution in [0.4, 0.5) is 0 Å². The lowest BCUT2D eigenvalue weighted by molar-refractivity contribution is -0.352. The Hall–Kier alpha value is -1.93. The quantitative estimate of drug-likeness (QED) is 0.0233. The zero-order chi connectivity index (χ0) is 52.9. The van der Waals surface area contributed by atoms with Gasteiger partial charge in [-0.25, -0.2) is 0 Å².